The summed E-state index contributed by atoms with van der Waals surface area (Å²) in [4.78, 5) is 0. The molecule has 0 aromatic heterocycles. The second-order valence-corrected chi connectivity index (χ2v) is 6.56. The minimum absolute atomic E-state index is 0.180. The standard InChI is InChI=1S/C16H25BrFN/c1-5-10-19-14(16(3,4)6-2)11-12-8-7-9-13(18)15(12)17/h7-9,14,19H,5-6,10-11H2,1-4H3. The van der Waals surface area contributed by atoms with Crippen LogP contribution >= 0.6 is 15.9 Å². The summed E-state index contributed by atoms with van der Waals surface area (Å²) in [6.45, 7) is 9.92. The molecule has 3 heteroatoms. The third-order valence-electron chi connectivity index (χ3n) is 3.95. The zero-order valence-corrected chi connectivity index (χ0v) is 14.0. The van der Waals surface area contributed by atoms with Crippen LogP contribution < -0.4 is 5.32 Å². The van der Waals surface area contributed by atoms with Crippen molar-refractivity contribution in [2.75, 3.05) is 6.54 Å². The first-order chi connectivity index (χ1) is 8.92. The molecule has 108 valence electrons. The van der Waals surface area contributed by atoms with Crippen LogP contribution in [-0.4, -0.2) is 12.6 Å². The van der Waals surface area contributed by atoms with Gasteiger partial charge in [0, 0.05) is 6.04 Å². The summed E-state index contributed by atoms with van der Waals surface area (Å²) in [7, 11) is 0. The lowest BCUT2D eigenvalue weighted by Crippen LogP contribution is -2.43. The molecule has 1 rings (SSSR count). The maximum atomic E-state index is 13.6. The summed E-state index contributed by atoms with van der Waals surface area (Å²) in [5.74, 6) is -0.180. The molecule has 0 aliphatic heterocycles. The second-order valence-electron chi connectivity index (χ2n) is 5.77. The summed E-state index contributed by atoms with van der Waals surface area (Å²) < 4.78 is 14.2. The molecule has 1 nitrogen and oxygen atoms in total. The highest BCUT2D eigenvalue weighted by Crippen LogP contribution is 2.30. The zero-order chi connectivity index (χ0) is 14.5. The second kappa shape index (κ2) is 7.39. The summed E-state index contributed by atoms with van der Waals surface area (Å²) in [5.41, 5.74) is 1.23. The van der Waals surface area contributed by atoms with E-state index in [1.165, 1.54) is 6.07 Å². The van der Waals surface area contributed by atoms with Gasteiger partial charge < -0.3 is 5.32 Å². The quantitative estimate of drug-likeness (QED) is 0.747. The lowest BCUT2D eigenvalue weighted by Gasteiger charge is -2.35. The van der Waals surface area contributed by atoms with Crippen LogP contribution in [0.2, 0.25) is 0 Å². The van der Waals surface area contributed by atoms with Gasteiger partial charge in [-0.1, -0.05) is 39.8 Å². The van der Waals surface area contributed by atoms with Gasteiger partial charge in [0.25, 0.3) is 0 Å². The number of halogens is 2. The van der Waals surface area contributed by atoms with Crippen LogP contribution in [0.3, 0.4) is 0 Å². The number of hydrogen-bond donors (Lipinski definition) is 1. The molecular weight excluding hydrogens is 305 g/mol. The van der Waals surface area contributed by atoms with Crippen LogP contribution in [-0.2, 0) is 6.42 Å². The number of hydrogen-bond acceptors (Lipinski definition) is 1. The topological polar surface area (TPSA) is 12.0 Å². The molecule has 0 aliphatic rings. The van der Waals surface area contributed by atoms with E-state index in [9.17, 15) is 4.39 Å². The molecular formula is C16H25BrFN. The molecule has 0 bridgehead atoms. The van der Waals surface area contributed by atoms with Crippen molar-refractivity contribution in [2.24, 2.45) is 5.41 Å². The van der Waals surface area contributed by atoms with Gasteiger partial charge in [-0.05, 0) is 58.8 Å². The molecule has 1 atom stereocenters. The first-order valence-electron chi connectivity index (χ1n) is 7.08. The molecule has 1 N–H and O–H groups in total. The summed E-state index contributed by atoms with van der Waals surface area (Å²) in [5, 5.41) is 3.61. The van der Waals surface area contributed by atoms with Crippen molar-refractivity contribution in [1.82, 2.24) is 5.32 Å². The lowest BCUT2D eigenvalue weighted by atomic mass is 9.79. The molecule has 0 amide bonds. The fourth-order valence-corrected chi connectivity index (χ4v) is 2.54. The molecule has 0 spiro atoms. The Morgan fingerprint density at radius 3 is 2.58 bits per heavy atom. The van der Waals surface area contributed by atoms with Crippen molar-refractivity contribution in [3.05, 3.63) is 34.1 Å². The summed E-state index contributed by atoms with van der Waals surface area (Å²) >= 11 is 3.36. The van der Waals surface area contributed by atoms with Crippen molar-refractivity contribution in [1.29, 1.82) is 0 Å². The van der Waals surface area contributed by atoms with Gasteiger partial charge in [-0.25, -0.2) is 4.39 Å². The highest BCUT2D eigenvalue weighted by molar-refractivity contribution is 9.10. The van der Waals surface area contributed by atoms with Crippen molar-refractivity contribution in [2.45, 2.75) is 53.0 Å². The average molecular weight is 330 g/mol. The molecule has 1 aromatic carbocycles. The fraction of sp³-hybridized carbons (Fsp3) is 0.625. The van der Waals surface area contributed by atoms with Crippen molar-refractivity contribution < 1.29 is 4.39 Å². The Kier molecular flexibility index (Phi) is 6.48. The largest absolute Gasteiger partial charge is 0.313 e. The van der Waals surface area contributed by atoms with Crippen LogP contribution in [0.15, 0.2) is 22.7 Å². The lowest BCUT2D eigenvalue weighted by molar-refractivity contribution is 0.230. The van der Waals surface area contributed by atoms with E-state index in [0.29, 0.717) is 10.5 Å². The van der Waals surface area contributed by atoms with Gasteiger partial charge in [0.1, 0.15) is 5.82 Å². The Morgan fingerprint density at radius 1 is 1.32 bits per heavy atom. The fourth-order valence-electron chi connectivity index (χ4n) is 2.12. The van der Waals surface area contributed by atoms with E-state index >= 15 is 0 Å². The molecule has 1 aromatic rings. The van der Waals surface area contributed by atoms with E-state index in [4.69, 9.17) is 0 Å². The summed E-state index contributed by atoms with van der Waals surface area (Å²) in [6.07, 6.45) is 3.06. The number of nitrogens with one attached hydrogen (secondary N) is 1. The van der Waals surface area contributed by atoms with Gasteiger partial charge >= 0.3 is 0 Å². The molecule has 0 aliphatic carbocycles. The van der Waals surface area contributed by atoms with E-state index in [1.807, 2.05) is 6.07 Å². The SMILES string of the molecule is CCCNC(Cc1cccc(F)c1Br)C(C)(C)CC. The monoisotopic (exact) mass is 329 g/mol. The summed E-state index contributed by atoms with van der Waals surface area (Å²) in [6, 6.07) is 5.63. The third kappa shape index (κ3) is 4.57. The van der Waals surface area contributed by atoms with Gasteiger partial charge in [0.2, 0.25) is 0 Å². The van der Waals surface area contributed by atoms with Gasteiger partial charge in [-0.15, -0.1) is 0 Å². The molecule has 0 heterocycles. The van der Waals surface area contributed by atoms with Gasteiger partial charge in [-0.3, -0.25) is 0 Å². The Labute approximate surface area is 125 Å². The van der Waals surface area contributed by atoms with Gasteiger partial charge in [-0.2, -0.15) is 0 Å². The van der Waals surface area contributed by atoms with Crippen molar-refractivity contribution in [3.63, 3.8) is 0 Å². The Morgan fingerprint density at radius 2 is 2.00 bits per heavy atom. The predicted octanol–water partition coefficient (Wildman–Crippen LogP) is 4.94. The molecule has 0 fully saturated rings. The van der Waals surface area contributed by atoms with Crippen LogP contribution in [0.5, 0.6) is 0 Å². The number of benzene rings is 1. The van der Waals surface area contributed by atoms with E-state index in [-0.39, 0.29) is 11.2 Å². The average Bonchev–Trinajstić information content (AvgIpc) is 2.39. The van der Waals surface area contributed by atoms with Crippen molar-refractivity contribution in [3.8, 4) is 0 Å². The third-order valence-corrected chi connectivity index (χ3v) is 4.84. The number of rotatable bonds is 7. The van der Waals surface area contributed by atoms with E-state index in [1.54, 1.807) is 6.07 Å². The normalized spacial score (nSPS) is 13.6. The highest BCUT2D eigenvalue weighted by atomic mass is 79.9. The van der Waals surface area contributed by atoms with E-state index in [2.05, 4.69) is 48.9 Å². The van der Waals surface area contributed by atoms with Crippen molar-refractivity contribution >= 4 is 15.9 Å². The Bertz CT molecular complexity index is 404. The van der Waals surface area contributed by atoms with E-state index < -0.39 is 0 Å². The molecule has 0 radical (unpaired) electrons. The van der Waals surface area contributed by atoms with E-state index in [0.717, 1.165) is 31.4 Å². The smallest absolute Gasteiger partial charge is 0.137 e. The van der Waals surface area contributed by atoms with Crippen LogP contribution in [0.1, 0.15) is 46.1 Å². The Hall–Kier alpha value is -0.410. The minimum atomic E-state index is -0.180. The first-order valence-corrected chi connectivity index (χ1v) is 7.88. The highest BCUT2D eigenvalue weighted by Gasteiger charge is 2.28. The van der Waals surface area contributed by atoms with Crippen LogP contribution in [0, 0.1) is 11.2 Å². The van der Waals surface area contributed by atoms with Crippen LogP contribution in [0.4, 0.5) is 4.39 Å². The zero-order valence-electron chi connectivity index (χ0n) is 12.4. The molecule has 1 unspecified atom stereocenters. The Balaban J connectivity index is 2.91. The molecule has 19 heavy (non-hydrogen) atoms. The maximum Gasteiger partial charge on any atom is 0.137 e. The van der Waals surface area contributed by atoms with Gasteiger partial charge in [0.05, 0.1) is 4.47 Å². The molecule has 0 saturated carbocycles. The molecule has 0 saturated heterocycles. The first kappa shape index (κ1) is 16.6. The van der Waals surface area contributed by atoms with Gasteiger partial charge in [0.15, 0.2) is 0 Å². The minimum Gasteiger partial charge on any atom is -0.313 e. The maximum absolute atomic E-state index is 13.6. The van der Waals surface area contributed by atoms with Crippen LogP contribution in [0.25, 0.3) is 0 Å². The predicted molar refractivity (Wildman–Crippen MR) is 84.0 cm³/mol.